The second kappa shape index (κ2) is 4.73. The molecule has 2 aliphatic rings. The van der Waals surface area contributed by atoms with Gasteiger partial charge in [-0.1, -0.05) is 0 Å². The number of carboxylic acids is 1. The molecule has 2 rings (SSSR count). The number of rotatable bonds is 2. The molecule has 2 amide bonds. The summed E-state index contributed by atoms with van der Waals surface area (Å²) < 4.78 is 0. The highest BCUT2D eigenvalue weighted by Gasteiger charge is 2.35. The first-order valence-corrected chi connectivity index (χ1v) is 5.86. The Balaban J connectivity index is 1.89. The van der Waals surface area contributed by atoms with Gasteiger partial charge in [-0.25, -0.2) is 0 Å². The van der Waals surface area contributed by atoms with Crippen LogP contribution in [0.2, 0.25) is 0 Å². The molecule has 2 saturated heterocycles. The minimum Gasteiger partial charge on any atom is -0.481 e. The summed E-state index contributed by atoms with van der Waals surface area (Å²) in [5.74, 6) is -1.48. The van der Waals surface area contributed by atoms with E-state index < -0.39 is 11.9 Å². The van der Waals surface area contributed by atoms with Crippen molar-refractivity contribution in [2.45, 2.75) is 19.3 Å². The van der Waals surface area contributed by atoms with Gasteiger partial charge in [-0.05, 0) is 12.8 Å². The predicted molar refractivity (Wildman–Crippen MR) is 58.1 cm³/mol. The van der Waals surface area contributed by atoms with Crippen LogP contribution in [0, 0.1) is 11.8 Å². The molecular weight excluding hydrogens is 224 g/mol. The van der Waals surface area contributed by atoms with E-state index in [-0.39, 0.29) is 17.7 Å². The predicted octanol–water partition coefficient (Wildman–Crippen LogP) is -0.554. The molecule has 6 heteroatoms. The number of nitrogens with one attached hydrogen (secondary N) is 1. The van der Waals surface area contributed by atoms with E-state index in [0.29, 0.717) is 38.9 Å². The lowest BCUT2D eigenvalue weighted by Crippen LogP contribution is -2.44. The largest absolute Gasteiger partial charge is 0.481 e. The zero-order chi connectivity index (χ0) is 12.4. The van der Waals surface area contributed by atoms with Crippen LogP contribution in [0.25, 0.3) is 0 Å². The fourth-order valence-electron chi connectivity index (χ4n) is 2.36. The lowest BCUT2D eigenvalue weighted by molar-refractivity contribution is -0.141. The van der Waals surface area contributed by atoms with Crippen LogP contribution in [0.15, 0.2) is 0 Å². The molecule has 2 aliphatic heterocycles. The van der Waals surface area contributed by atoms with E-state index in [0.717, 1.165) is 0 Å². The minimum absolute atomic E-state index is 0.0149. The first kappa shape index (κ1) is 11.9. The molecule has 0 saturated carbocycles. The molecule has 0 spiro atoms. The van der Waals surface area contributed by atoms with Crippen LogP contribution in [0.5, 0.6) is 0 Å². The second-order valence-electron chi connectivity index (χ2n) is 4.65. The topological polar surface area (TPSA) is 86.7 Å². The molecule has 0 radical (unpaired) electrons. The summed E-state index contributed by atoms with van der Waals surface area (Å²) in [7, 11) is 0. The van der Waals surface area contributed by atoms with E-state index in [1.54, 1.807) is 4.90 Å². The first-order valence-electron chi connectivity index (χ1n) is 5.86. The van der Waals surface area contributed by atoms with Gasteiger partial charge in [-0.2, -0.15) is 0 Å². The van der Waals surface area contributed by atoms with Crippen LogP contribution in [-0.4, -0.2) is 47.4 Å². The summed E-state index contributed by atoms with van der Waals surface area (Å²) >= 11 is 0. The first-order chi connectivity index (χ1) is 8.08. The van der Waals surface area contributed by atoms with Gasteiger partial charge in [0.25, 0.3) is 0 Å². The average Bonchev–Trinajstić information content (AvgIpc) is 2.78. The van der Waals surface area contributed by atoms with Gasteiger partial charge in [0.15, 0.2) is 0 Å². The quantitative estimate of drug-likeness (QED) is 0.677. The van der Waals surface area contributed by atoms with Crippen LogP contribution >= 0.6 is 0 Å². The average molecular weight is 240 g/mol. The van der Waals surface area contributed by atoms with Crippen molar-refractivity contribution in [2.24, 2.45) is 11.8 Å². The molecule has 0 aromatic rings. The third-order valence-electron chi connectivity index (χ3n) is 3.46. The monoisotopic (exact) mass is 240 g/mol. The molecular formula is C11H16N2O4. The van der Waals surface area contributed by atoms with Crippen LogP contribution in [0.3, 0.4) is 0 Å². The minimum atomic E-state index is -0.836. The highest BCUT2D eigenvalue weighted by Crippen LogP contribution is 2.21. The van der Waals surface area contributed by atoms with Gasteiger partial charge in [0.05, 0.1) is 11.8 Å². The van der Waals surface area contributed by atoms with E-state index in [1.165, 1.54) is 0 Å². The van der Waals surface area contributed by atoms with Crippen molar-refractivity contribution in [3.63, 3.8) is 0 Å². The Labute approximate surface area is 99.0 Å². The fraction of sp³-hybridized carbons (Fsp3) is 0.727. The summed E-state index contributed by atoms with van der Waals surface area (Å²) in [6.07, 6.45) is 1.48. The number of amides is 2. The summed E-state index contributed by atoms with van der Waals surface area (Å²) in [6.45, 7) is 1.20. The Morgan fingerprint density at radius 1 is 1.29 bits per heavy atom. The Bertz CT molecular complexity index is 345. The van der Waals surface area contributed by atoms with E-state index in [4.69, 9.17) is 5.11 Å². The number of carbonyl (C=O) groups is 3. The number of carboxylic acid groups (broad SMARTS) is 1. The zero-order valence-electron chi connectivity index (χ0n) is 9.52. The number of piperidine rings is 1. The number of likely N-dealkylation sites (tertiary alicyclic amines) is 1. The van der Waals surface area contributed by atoms with Crippen molar-refractivity contribution >= 4 is 17.8 Å². The molecule has 2 unspecified atom stereocenters. The molecule has 2 atom stereocenters. The Kier molecular flexibility index (Phi) is 3.31. The summed E-state index contributed by atoms with van der Waals surface area (Å²) in [5, 5.41) is 11.5. The molecule has 0 aromatic heterocycles. The van der Waals surface area contributed by atoms with Gasteiger partial charge < -0.3 is 15.3 Å². The highest BCUT2D eigenvalue weighted by atomic mass is 16.4. The van der Waals surface area contributed by atoms with E-state index in [2.05, 4.69) is 5.32 Å². The van der Waals surface area contributed by atoms with Gasteiger partial charge in [0.1, 0.15) is 0 Å². The van der Waals surface area contributed by atoms with Crippen molar-refractivity contribution in [2.75, 3.05) is 19.6 Å². The van der Waals surface area contributed by atoms with Crippen molar-refractivity contribution < 1.29 is 19.5 Å². The number of nitrogens with zero attached hydrogens (tertiary/aromatic N) is 1. The van der Waals surface area contributed by atoms with E-state index >= 15 is 0 Å². The number of aliphatic carboxylic acids is 1. The smallest absolute Gasteiger partial charge is 0.308 e. The van der Waals surface area contributed by atoms with Gasteiger partial charge in [0, 0.05) is 26.1 Å². The number of carbonyl (C=O) groups excluding carboxylic acids is 2. The van der Waals surface area contributed by atoms with Crippen LogP contribution in [-0.2, 0) is 14.4 Å². The Hall–Kier alpha value is -1.59. The third-order valence-corrected chi connectivity index (χ3v) is 3.46. The maximum Gasteiger partial charge on any atom is 0.308 e. The van der Waals surface area contributed by atoms with Crippen molar-refractivity contribution in [3.8, 4) is 0 Å². The molecule has 17 heavy (non-hydrogen) atoms. The number of hydrogen-bond donors (Lipinski definition) is 2. The molecule has 0 aromatic carbocycles. The van der Waals surface area contributed by atoms with Crippen LogP contribution in [0.4, 0.5) is 0 Å². The van der Waals surface area contributed by atoms with Gasteiger partial charge in [-0.3, -0.25) is 14.4 Å². The van der Waals surface area contributed by atoms with Crippen molar-refractivity contribution in [1.82, 2.24) is 10.2 Å². The maximum absolute atomic E-state index is 12.1. The maximum atomic E-state index is 12.1. The van der Waals surface area contributed by atoms with Crippen molar-refractivity contribution in [1.29, 1.82) is 0 Å². The lowest BCUT2D eigenvalue weighted by atomic mass is 9.98. The molecule has 2 heterocycles. The molecule has 0 bridgehead atoms. The van der Waals surface area contributed by atoms with Crippen LogP contribution < -0.4 is 5.32 Å². The van der Waals surface area contributed by atoms with Crippen LogP contribution in [0.1, 0.15) is 19.3 Å². The Morgan fingerprint density at radius 2 is 2.06 bits per heavy atom. The standard InChI is InChI=1S/C11H16N2O4/c14-9-2-1-7(5-12-9)10(15)13-4-3-8(6-13)11(16)17/h7-8H,1-6H2,(H,12,14)(H,16,17). The SMILES string of the molecule is O=C1CCC(C(=O)N2CCC(C(=O)O)C2)CN1. The van der Waals surface area contributed by atoms with Gasteiger partial charge >= 0.3 is 5.97 Å². The molecule has 2 N–H and O–H groups in total. The summed E-state index contributed by atoms with van der Waals surface area (Å²) in [6, 6.07) is 0. The summed E-state index contributed by atoms with van der Waals surface area (Å²) in [5.41, 5.74) is 0. The molecule has 0 aliphatic carbocycles. The Morgan fingerprint density at radius 3 is 2.59 bits per heavy atom. The third kappa shape index (κ3) is 2.57. The molecule has 6 nitrogen and oxygen atoms in total. The highest BCUT2D eigenvalue weighted by molar-refractivity contribution is 5.84. The summed E-state index contributed by atoms with van der Waals surface area (Å²) in [4.78, 5) is 35.4. The zero-order valence-corrected chi connectivity index (χ0v) is 9.52. The lowest BCUT2D eigenvalue weighted by Gasteiger charge is -2.26. The molecule has 94 valence electrons. The van der Waals surface area contributed by atoms with E-state index in [1.807, 2.05) is 0 Å². The van der Waals surface area contributed by atoms with Gasteiger partial charge in [0.2, 0.25) is 11.8 Å². The van der Waals surface area contributed by atoms with E-state index in [9.17, 15) is 14.4 Å². The van der Waals surface area contributed by atoms with Crippen molar-refractivity contribution in [3.05, 3.63) is 0 Å². The van der Waals surface area contributed by atoms with Gasteiger partial charge in [-0.15, -0.1) is 0 Å². The fourth-order valence-corrected chi connectivity index (χ4v) is 2.36. The second-order valence-corrected chi connectivity index (χ2v) is 4.65. The normalized spacial score (nSPS) is 28.9. The number of hydrogen-bond acceptors (Lipinski definition) is 3. The molecule has 2 fully saturated rings.